The molecule has 1 heterocycles. The maximum atomic E-state index is 13.6. The van der Waals surface area contributed by atoms with Crippen LogP contribution in [0.4, 0.5) is 5.69 Å². The summed E-state index contributed by atoms with van der Waals surface area (Å²) in [6.45, 7) is 1.89. The van der Waals surface area contributed by atoms with Crippen molar-refractivity contribution in [3.63, 3.8) is 0 Å². The summed E-state index contributed by atoms with van der Waals surface area (Å²) in [7, 11) is 1.55. The van der Waals surface area contributed by atoms with Crippen molar-refractivity contribution in [3.05, 3.63) is 71.8 Å². The second-order valence-electron chi connectivity index (χ2n) is 9.70. The SMILES string of the molecule is COc1cccc(C(=O)N(CN2C(=O)[C@@H]3[C@H]4C=C[C@@H]([C@@H]5C[C@H]45)[C@H]3C2=O)c2ccc(C)cc2)c1. The summed E-state index contributed by atoms with van der Waals surface area (Å²) in [4.78, 5) is 43.5. The average Bonchev–Trinajstić information content (AvgIpc) is 3.63. The fraction of sp³-hybridized carbons (Fsp3) is 0.370. The third kappa shape index (κ3) is 3.04. The Kier molecular flexibility index (Phi) is 4.47. The summed E-state index contributed by atoms with van der Waals surface area (Å²) in [5, 5.41) is 0. The predicted molar refractivity (Wildman–Crippen MR) is 122 cm³/mol. The lowest BCUT2D eigenvalue weighted by atomic mass is 9.63. The van der Waals surface area contributed by atoms with Crippen molar-refractivity contribution in [2.24, 2.45) is 35.5 Å². The van der Waals surface area contributed by atoms with E-state index in [-0.39, 0.29) is 48.1 Å². The highest BCUT2D eigenvalue weighted by atomic mass is 16.5. The molecule has 1 aliphatic heterocycles. The molecule has 5 aliphatic rings. The number of carbonyl (C=O) groups excluding carboxylic acids is 3. The summed E-state index contributed by atoms with van der Waals surface area (Å²) in [6, 6.07) is 14.5. The van der Waals surface area contributed by atoms with Crippen LogP contribution in [0, 0.1) is 42.4 Å². The van der Waals surface area contributed by atoms with Gasteiger partial charge in [-0.25, -0.2) is 0 Å². The first-order chi connectivity index (χ1) is 16.0. The van der Waals surface area contributed by atoms with E-state index >= 15 is 0 Å². The summed E-state index contributed by atoms with van der Waals surface area (Å²) >= 11 is 0. The predicted octanol–water partition coefficient (Wildman–Crippen LogP) is 3.66. The minimum atomic E-state index is -0.280. The first kappa shape index (κ1) is 20.2. The maximum Gasteiger partial charge on any atom is 0.259 e. The molecule has 6 atom stereocenters. The smallest absolute Gasteiger partial charge is 0.259 e. The molecule has 0 spiro atoms. The molecule has 0 N–H and O–H groups in total. The zero-order valence-electron chi connectivity index (χ0n) is 18.7. The molecule has 33 heavy (non-hydrogen) atoms. The number of imide groups is 1. The van der Waals surface area contributed by atoms with Crippen molar-refractivity contribution in [3.8, 4) is 5.75 Å². The van der Waals surface area contributed by atoms with Gasteiger partial charge < -0.3 is 4.74 Å². The number of methoxy groups -OCH3 is 1. The molecule has 2 aromatic rings. The Hall–Kier alpha value is -3.41. The van der Waals surface area contributed by atoms with Crippen molar-refractivity contribution in [2.45, 2.75) is 13.3 Å². The van der Waals surface area contributed by atoms with Crippen molar-refractivity contribution in [1.82, 2.24) is 4.90 Å². The number of nitrogens with zero attached hydrogens (tertiary/aromatic N) is 2. The van der Waals surface area contributed by atoms with Crippen LogP contribution in [0.5, 0.6) is 5.75 Å². The highest BCUT2D eigenvalue weighted by Gasteiger charge is 2.67. The van der Waals surface area contributed by atoms with Crippen LogP contribution in [0.1, 0.15) is 22.3 Å². The standard InChI is InChI=1S/C27H26N2O4/c1-15-6-8-17(9-7-15)28(25(30)16-4-3-5-18(12-16)33-2)14-29-26(31)23-19-10-11-20(22-13-21(19)22)24(23)27(29)32/h3-12,19-24H,13-14H2,1-2H3/t19-,20-,21-,22+,23+,24+/m0/s1. The van der Waals surface area contributed by atoms with Gasteiger partial charge in [0, 0.05) is 11.3 Å². The summed E-state index contributed by atoms with van der Waals surface area (Å²) < 4.78 is 5.29. The van der Waals surface area contributed by atoms with Gasteiger partial charge in [-0.2, -0.15) is 0 Å². The number of aryl methyl sites for hydroxylation is 1. The van der Waals surface area contributed by atoms with Crippen LogP contribution < -0.4 is 9.64 Å². The third-order valence-electron chi connectivity index (χ3n) is 7.94. The van der Waals surface area contributed by atoms with Gasteiger partial charge in [0.25, 0.3) is 5.91 Å². The van der Waals surface area contributed by atoms with Gasteiger partial charge in [0.2, 0.25) is 11.8 Å². The lowest BCUT2D eigenvalue weighted by Crippen LogP contribution is -2.45. The Labute approximate surface area is 192 Å². The lowest BCUT2D eigenvalue weighted by Gasteiger charge is -2.37. The molecule has 3 fully saturated rings. The quantitative estimate of drug-likeness (QED) is 0.524. The number of allylic oxidation sites excluding steroid dienone is 2. The number of amides is 3. The van der Waals surface area contributed by atoms with Gasteiger partial charge in [0.05, 0.1) is 18.9 Å². The Morgan fingerprint density at radius 3 is 2.24 bits per heavy atom. The van der Waals surface area contributed by atoms with E-state index in [1.54, 1.807) is 31.4 Å². The number of hydrogen-bond acceptors (Lipinski definition) is 4. The molecular weight excluding hydrogens is 416 g/mol. The van der Waals surface area contributed by atoms with E-state index in [1.807, 2.05) is 31.2 Å². The topological polar surface area (TPSA) is 66.9 Å². The molecule has 2 bridgehead atoms. The van der Waals surface area contributed by atoms with E-state index in [0.29, 0.717) is 28.8 Å². The second-order valence-corrected chi connectivity index (χ2v) is 9.70. The zero-order chi connectivity index (χ0) is 22.9. The Morgan fingerprint density at radius 1 is 1.00 bits per heavy atom. The minimum Gasteiger partial charge on any atom is -0.497 e. The zero-order valence-corrected chi connectivity index (χ0v) is 18.7. The number of ether oxygens (including phenoxy) is 1. The number of rotatable bonds is 5. The van der Waals surface area contributed by atoms with Crippen molar-refractivity contribution in [2.75, 3.05) is 18.7 Å². The van der Waals surface area contributed by atoms with Crippen LogP contribution in [-0.4, -0.2) is 36.4 Å². The Bertz CT molecular complexity index is 1150. The van der Waals surface area contributed by atoms with Gasteiger partial charge in [-0.05, 0) is 67.3 Å². The molecular formula is C27H26N2O4. The van der Waals surface area contributed by atoms with Gasteiger partial charge in [0.15, 0.2) is 0 Å². The molecule has 2 saturated carbocycles. The van der Waals surface area contributed by atoms with Crippen molar-refractivity contribution >= 4 is 23.4 Å². The third-order valence-corrected chi connectivity index (χ3v) is 7.94. The Balaban J connectivity index is 1.34. The van der Waals surface area contributed by atoms with E-state index in [1.165, 1.54) is 9.80 Å². The van der Waals surface area contributed by atoms with Gasteiger partial charge in [0.1, 0.15) is 12.4 Å². The molecule has 4 aliphatic carbocycles. The molecule has 6 nitrogen and oxygen atoms in total. The van der Waals surface area contributed by atoms with E-state index in [0.717, 1.165) is 12.0 Å². The van der Waals surface area contributed by atoms with Crippen LogP contribution >= 0.6 is 0 Å². The van der Waals surface area contributed by atoms with Crippen LogP contribution in [0.25, 0.3) is 0 Å². The maximum absolute atomic E-state index is 13.6. The number of likely N-dealkylation sites (tertiary alicyclic amines) is 1. The molecule has 6 heteroatoms. The molecule has 7 rings (SSSR count). The molecule has 3 amide bonds. The summed E-state index contributed by atoms with van der Waals surface area (Å²) in [6.07, 6.45) is 5.45. The molecule has 0 unspecified atom stereocenters. The molecule has 2 aromatic carbocycles. The van der Waals surface area contributed by atoms with E-state index in [4.69, 9.17) is 4.74 Å². The molecule has 0 aromatic heterocycles. The molecule has 1 saturated heterocycles. The second kappa shape index (κ2) is 7.30. The first-order valence-corrected chi connectivity index (χ1v) is 11.5. The van der Waals surface area contributed by atoms with E-state index in [2.05, 4.69) is 12.2 Å². The van der Waals surface area contributed by atoms with E-state index in [9.17, 15) is 14.4 Å². The van der Waals surface area contributed by atoms with Gasteiger partial charge in [-0.3, -0.25) is 24.2 Å². The number of carbonyl (C=O) groups is 3. The number of benzene rings is 2. The fourth-order valence-corrected chi connectivity index (χ4v) is 6.20. The van der Waals surface area contributed by atoms with Crippen molar-refractivity contribution in [1.29, 1.82) is 0 Å². The van der Waals surface area contributed by atoms with Crippen LogP contribution in [0.2, 0.25) is 0 Å². The van der Waals surface area contributed by atoms with Crippen LogP contribution in [0.3, 0.4) is 0 Å². The average molecular weight is 443 g/mol. The normalized spacial score (nSPS) is 30.8. The van der Waals surface area contributed by atoms with E-state index < -0.39 is 0 Å². The molecule has 168 valence electrons. The number of hydrogen-bond donors (Lipinski definition) is 0. The Morgan fingerprint density at radius 2 is 1.64 bits per heavy atom. The van der Waals surface area contributed by atoms with Crippen LogP contribution in [-0.2, 0) is 9.59 Å². The van der Waals surface area contributed by atoms with Crippen LogP contribution in [0.15, 0.2) is 60.7 Å². The van der Waals surface area contributed by atoms with Gasteiger partial charge in [-0.1, -0.05) is 35.9 Å². The molecule has 0 radical (unpaired) electrons. The first-order valence-electron chi connectivity index (χ1n) is 11.5. The summed E-state index contributed by atoms with van der Waals surface area (Å²) in [5.74, 6) is 0.889. The highest BCUT2D eigenvalue weighted by molar-refractivity contribution is 6.10. The largest absolute Gasteiger partial charge is 0.497 e. The summed E-state index contributed by atoms with van der Waals surface area (Å²) in [5.41, 5.74) is 2.15. The van der Waals surface area contributed by atoms with Gasteiger partial charge >= 0.3 is 0 Å². The van der Waals surface area contributed by atoms with Crippen molar-refractivity contribution < 1.29 is 19.1 Å². The fourth-order valence-electron chi connectivity index (χ4n) is 6.20. The minimum absolute atomic E-state index is 0.0848. The number of anilines is 1. The monoisotopic (exact) mass is 442 g/mol. The highest BCUT2D eigenvalue weighted by Crippen LogP contribution is 2.65. The lowest BCUT2D eigenvalue weighted by molar-refractivity contribution is -0.140. The van der Waals surface area contributed by atoms with Gasteiger partial charge in [-0.15, -0.1) is 0 Å².